The van der Waals surface area contributed by atoms with Crippen molar-refractivity contribution in [2.24, 2.45) is 0 Å². The van der Waals surface area contributed by atoms with E-state index < -0.39 is 0 Å². The third kappa shape index (κ3) is 4.36. The van der Waals surface area contributed by atoms with Crippen LogP contribution in [0.1, 0.15) is 33.5 Å². The SMILES string of the molecule is O=C1c2c(OCc3ccccc3)ccc(OCc3ccccc3)c2-c2nn(CCC=S)c3ccc(Cl)c1c23. The summed E-state index contributed by atoms with van der Waals surface area (Å²) < 4.78 is 14.4. The summed E-state index contributed by atoms with van der Waals surface area (Å²) in [5, 5.41) is 7.75. The molecular formula is C31H23ClN2O3S. The highest BCUT2D eigenvalue weighted by molar-refractivity contribution is 7.78. The second kappa shape index (κ2) is 10.4. The Balaban J connectivity index is 1.52. The maximum Gasteiger partial charge on any atom is 0.199 e. The fraction of sp³-hybridized carbons (Fsp3) is 0.129. The van der Waals surface area contributed by atoms with Gasteiger partial charge >= 0.3 is 0 Å². The van der Waals surface area contributed by atoms with Gasteiger partial charge in [0, 0.05) is 11.9 Å². The van der Waals surface area contributed by atoms with Crippen LogP contribution in [0.3, 0.4) is 0 Å². The number of aryl methyl sites for hydroxylation is 1. The first-order chi connectivity index (χ1) is 18.7. The number of ketones is 1. The van der Waals surface area contributed by atoms with Gasteiger partial charge in [-0.3, -0.25) is 9.48 Å². The van der Waals surface area contributed by atoms with E-state index in [0.717, 1.165) is 22.0 Å². The molecule has 0 fully saturated rings. The lowest BCUT2D eigenvalue weighted by Crippen LogP contribution is -2.14. The Hall–Kier alpha value is -4.00. The summed E-state index contributed by atoms with van der Waals surface area (Å²) in [5.74, 6) is 0.829. The van der Waals surface area contributed by atoms with Crippen LogP contribution in [0.2, 0.25) is 5.02 Å². The van der Waals surface area contributed by atoms with Gasteiger partial charge < -0.3 is 9.47 Å². The molecule has 0 atom stereocenters. The van der Waals surface area contributed by atoms with E-state index in [1.165, 1.54) is 0 Å². The lowest BCUT2D eigenvalue weighted by molar-refractivity contribution is 0.103. The zero-order valence-corrected chi connectivity index (χ0v) is 22.0. The van der Waals surface area contributed by atoms with E-state index in [1.54, 1.807) is 17.5 Å². The molecule has 0 N–H and O–H groups in total. The lowest BCUT2D eigenvalue weighted by atomic mass is 9.86. The van der Waals surface area contributed by atoms with Gasteiger partial charge in [-0.2, -0.15) is 5.10 Å². The molecule has 0 aliphatic heterocycles. The Bertz CT molecular complexity index is 1670. The van der Waals surface area contributed by atoms with Crippen LogP contribution in [-0.4, -0.2) is 20.9 Å². The van der Waals surface area contributed by atoms with E-state index in [2.05, 4.69) is 0 Å². The van der Waals surface area contributed by atoms with Crippen molar-refractivity contribution in [2.75, 3.05) is 0 Å². The lowest BCUT2D eigenvalue weighted by Gasteiger charge is -2.22. The number of fused-ring (bicyclic) bond motifs is 2. The maximum atomic E-state index is 14.1. The molecule has 0 saturated carbocycles. The molecule has 5 nitrogen and oxygen atoms in total. The second-order valence-corrected chi connectivity index (χ2v) is 9.77. The molecule has 0 radical (unpaired) electrons. The van der Waals surface area contributed by atoms with Crippen LogP contribution in [0, 0.1) is 0 Å². The van der Waals surface area contributed by atoms with Crippen LogP contribution in [0.15, 0.2) is 84.9 Å². The molecule has 1 heterocycles. The summed E-state index contributed by atoms with van der Waals surface area (Å²) in [4.78, 5) is 14.1. The van der Waals surface area contributed by atoms with Gasteiger partial charge in [0.15, 0.2) is 5.78 Å². The third-order valence-corrected chi connectivity index (χ3v) is 7.17. The Morgan fingerprint density at radius 2 is 1.39 bits per heavy atom. The number of halogens is 1. The summed E-state index contributed by atoms with van der Waals surface area (Å²) in [5.41, 5.74) is 4.98. The van der Waals surface area contributed by atoms with Crippen LogP contribution in [-0.2, 0) is 19.8 Å². The highest BCUT2D eigenvalue weighted by Gasteiger charge is 2.35. The number of nitrogens with zero attached hydrogens (tertiary/aromatic N) is 2. The number of aromatic nitrogens is 2. The minimum Gasteiger partial charge on any atom is -0.488 e. The number of carbonyl (C=O) groups is 1. The second-order valence-electron chi connectivity index (χ2n) is 9.03. The van der Waals surface area contributed by atoms with E-state index in [9.17, 15) is 4.79 Å². The van der Waals surface area contributed by atoms with Crippen molar-refractivity contribution in [1.29, 1.82) is 0 Å². The number of hydrogen-bond acceptors (Lipinski definition) is 5. The van der Waals surface area contributed by atoms with Crippen LogP contribution < -0.4 is 9.47 Å². The molecule has 6 rings (SSSR count). The molecule has 7 heteroatoms. The molecule has 0 bridgehead atoms. The monoisotopic (exact) mass is 538 g/mol. The first-order valence-electron chi connectivity index (χ1n) is 12.3. The highest BCUT2D eigenvalue weighted by atomic mass is 35.5. The Morgan fingerprint density at radius 1 is 0.789 bits per heavy atom. The van der Waals surface area contributed by atoms with E-state index in [4.69, 9.17) is 38.4 Å². The largest absolute Gasteiger partial charge is 0.488 e. The summed E-state index contributed by atoms with van der Waals surface area (Å²) >= 11 is 11.7. The summed E-state index contributed by atoms with van der Waals surface area (Å²) in [6, 6.07) is 27.1. The molecule has 1 aromatic heterocycles. The number of carbonyl (C=O) groups excluding carboxylic acids is 1. The van der Waals surface area contributed by atoms with Gasteiger partial charge in [-0.05, 0) is 47.2 Å². The third-order valence-electron chi connectivity index (χ3n) is 6.62. The minimum atomic E-state index is -0.203. The molecule has 4 aromatic carbocycles. The van der Waals surface area contributed by atoms with Crippen molar-refractivity contribution >= 4 is 45.9 Å². The van der Waals surface area contributed by atoms with E-state index in [-0.39, 0.29) is 5.78 Å². The highest BCUT2D eigenvalue weighted by Crippen LogP contribution is 2.48. The molecule has 0 saturated heterocycles. The molecule has 1 aliphatic carbocycles. The van der Waals surface area contributed by atoms with Crippen molar-refractivity contribution in [2.45, 2.75) is 26.2 Å². The topological polar surface area (TPSA) is 53.4 Å². The van der Waals surface area contributed by atoms with Gasteiger partial charge in [0.05, 0.1) is 27.2 Å². The van der Waals surface area contributed by atoms with Crippen molar-refractivity contribution in [3.63, 3.8) is 0 Å². The van der Waals surface area contributed by atoms with Gasteiger partial charge in [-0.1, -0.05) is 84.5 Å². The van der Waals surface area contributed by atoms with E-state index in [1.807, 2.05) is 77.5 Å². The molecule has 1 aliphatic rings. The standard InChI is InChI=1S/C31H23ClN2O3S/c32-22-12-13-23-27-26(22)31(35)29-25(37-19-21-10-5-2-6-11-21)15-14-24(36-18-20-8-3-1-4-9-20)28(29)30(27)33-34(23)16-7-17-38/h1-6,8-15,17H,7,16,18-19H2. The van der Waals surface area contributed by atoms with Gasteiger partial charge in [0.25, 0.3) is 0 Å². The van der Waals surface area contributed by atoms with Crippen LogP contribution in [0.5, 0.6) is 11.5 Å². The van der Waals surface area contributed by atoms with E-state index in [0.29, 0.717) is 65.1 Å². The van der Waals surface area contributed by atoms with Gasteiger partial charge in [0.1, 0.15) is 30.4 Å². The predicted molar refractivity (Wildman–Crippen MR) is 153 cm³/mol. The number of benzene rings is 4. The molecule has 0 unspecified atom stereocenters. The van der Waals surface area contributed by atoms with Crippen molar-refractivity contribution in [1.82, 2.24) is 9.78 Å². The zero-order chi connectivity index (χ0) is 26.1. The molecule has 0 spiro atoms. The Kier molecular flexibility index (Phi) is 6.66. The Morgan fingerprint density at radius 3 is 2.00 bits per heavy atom. The first kappa shape index (κ1) is 24.3. The summed E-state index contributed by atoms with van der Waals surface area (Å²) in [7, 11) is 0. The van der Waals surface area contributed by atoms with Gasteiger partial charge in [0.2, 0.25) is 0 Å². The van der Waals surface area contributed by atoms with Gasteiger partial charge in [-0.25, -0.2) is 0 Å². The molecular weight excluding hydrogens is 516 g/mol. The molecule has 5 aromatic rings. The summed E-state index contributed by atoms with van der Waals surface area (Å²) in [6.07, 6.45) is 0.669. The molecule has 0 amide bonds. The predicted octanol–water partition coefficient (Wildman–Crippen LogP) is 7.45. The van der Waals surface area contributed by atoms with E-state index >= 15 is 0 Å². The Labute approximate surface area is 230 Å². The van der Waals surface area contributed by atoms with Crippen molar-refractivity contribution in [3.8, 4) is 22.8 Å². The number of rotatable bonds is 9. The number of ether oxygens (including phenoxy) is 2. The fourth-order valence-corrected chi connectivity index (χ4v) is 5.20. The van der Waals surface area contributed by atoms with Crippen LogP contribution in [0.4, 0.5) is 0 Å². The number of thiocarbonyl (C=S) groups is 1. The average Bonchev–Trinajstić information content (AvgIpc) is 3.32. The minimum absolute atomic E-state index is 0.203. The van der Waals surface area contributed by atoms with Gasteiger partial charge in [-0.15, -0.1) is 0 Å². The zero-order valence-electron chi connectivity index (χ0n) is 20.4. The van der Waals surface area contributed by atoms with Crippen molar-refractivity contribution in [3.05, 3.63) is 112 Å². The van der Waals surface area contributed by atoms with Crippen LogP contribution >= 0.6 is 23.8 Å². The first-order valence-corrected chi connectivity index (χ1v) is 13.2. The van der Waals surface area contributed by atoms with Crippen LogP contribution in [0.25, 0.3) is 22.2 Å². The fourth-order valence-electron chi connectivity index (χ4n) is 4.85. The van der Waals surface area contributed by atoms with Crippen molar-refractivity contribution < 1.29 is 14.3 Å². The molecule has 38 heavy (non-hydrogen) atoms. The quantitative estimate of drug-likeness (QED) is 0.179. The average molecular weight is 539 g/mol. The number of hydrogen-bond donors (Lipinski definition) is 0. The molecule has 188 valence electrons. The smallest absolute Gasteiger partial charge is 0.199 e. The maximum absolute atomic E-state index is 14.1. The normalized spacial score (nSPS) is 11.9. The summed E-state index contributed by atoms with van der Waals surface area (Å²) in [6.45, 7) is 1.26.